The van der Waals surface area contributed by atoms with E-state index in [2.05, 4.69) is 98.8 Å². The van der Waals surface area contributed by atoms with Gasteiger partial charge in [0.1, 0.15) is 0 Å². The van der Waals surface area contributed by atoms with Crippen LogP contribution in [0.1, 0.15) is 38.8 Å². The third-order valence-corrected chi connectivity index (χ3v) is 6.40. The normalized spacial score (nSPS) is 13.8. The Morgan fingerprint density at radius 3 is 2.00 bits per heavy atom. The molecule has 0 aliphatic heterocycles. The largest absolute Gasteiger partial charge is 0.0683 e. The first kappa shape index (κ1) is 17.9. The maximum atomic E-state index is 2.42. The molecule has 1 aliphatic carbocycles. The molecule has 0 atom stereocenters. The Bertz CT molecular complexity index is 1390. The van der Waals surface area contributed by atoms with Crippen LogP contribution in [0.15, 0.2) is 84.9 Å². The lowest BCUT2D eigenvalue weighted by Gasteiger charge is -2.36. The van der Waals surface area contributed by atoms with Crippen molar-refractivity contribution in [1.29, 1.82) is 0 Å². The van der Waals surface area contributed by atoms with Crippen molar-refractivity contribution in [2.75, 3.05) is 0 Å². The van der Waals surface area contributed by atoms with E-state index < -0.39 is 0 Å². The van der Waals surface area contributed by atoms with Gasteiger partial charge in [-0.15, -0.1) is 0 Å². The van der Waals surface area contributed by atoms with E-state index in [4.69, 9.17) is 0 Å². The highest BCUT2D eigenvalue weighted by Gasteiger charge is 2.35. The molecule has 0 bridgehead atoms. The molecule has 6 rings (SSSR count). The monoisotopic (exact) mass is 374 g/mol. The third kappa shape index (κ3) is 2.39. The first-order valence-electron chi connectivity index (χ1n) is 10.6. The fourth-order valence-corrected chi connectivity index (χ4v) is 5.18. The molecule has 0 radical (unpaired) electrons. The Morgan fingerprint density at radius 2 is 1.21 bits per heavy atom. The highest BCUT2D eigenvalue weighted by Crippen LogP contribution is 2.52. The van der Waals surface area contributed by atoms with Gasteiger partial charge in [0.15, 0.2) is 0 Å². The van der Waals surface area contributed by atoms with Crippen LogP contribution >= 0.6 is 0 Å². The lowest BCUT2D eigenvalue weighted by molar-refractivity contribution is 0.652. The van der Waals surface area contributed by atoms with Crippen molar-refractivity contribution in [2.45, 2.75) is 33.1 Å². The second-order valence-electron chi connectivity index (χ2n) is 8.21. The zero-order chi connectivity index (χ0) is 20.2. The molecule has 0 heteroatoms. The van der Waals surface area contributed by atoms with E-state index in [1.807, 2.05) is 13.8 Å². The van der Waals surface area contributed by atoms with E-state index in [1.165, 1.54) is 54.6 Å². The van der Waals surface area contributed by atoms with Gasteiger partial charge in [0, 0.05) is 5.41 Å². The number of benzene rings is 5. The van der Waals surface area contributed by atoms with E-state index >= 15 is 0 Å². The summed E-state index contributed by atoms with van der Waals surface area (Å²) in [6, 6.07) is 31.4. The average molecular weight is 375 g/mol. The van der Waals surface area contributed by atoms with E-state index in [9.17, 15) is 0 Å². The second kappa shape index (κ2) is 6.46. The van der Waals surface area contributed by atoms with Crippen LogP contribution in [-0.2, 0) is 5.41 Å². The van der Waals surface area contributed by atoms with Crippen molar-refractivity contribution in [3.05, 3.63) is 96.1 Å². The Morgan fingerprint density at radius 1 is 0.552 bits per heavy atom. The zero-order valence-corrected chi connectivity index (χ0v) is 17.6. The molecule has 0 nitrogen and oxygen atoms in total. The number of rotatable bonds is 0. The van der Waals surface area contributed by atoms with Gasteiger partial charge in [0.25, 0.3) is 0 Å². The van der Waals surface area contributed by atoms with Crippen LogP contribution < -0.4 is 0 Å². The molecular formula is C29H26. The minimum absolute atomic E-state index is 0.0488. The molecule has 5 aromatic rings. The van der Waals surface area contributed by atoms with E-state index in [-0.39, 0.29) is 5.41 Å². The molecule has 142 valence electrons. The third-order valence-electron chi connectivity index (χ3n) is 6.40. The fourth-order valence-electron chi connectivity index (χ4n) is 5.18. The number of hydrogen-bond donors (Lipinski definition) is 0. The van der Waals surface area contributed by atoms with Gasteiger partial charge in [-0.3, -0.25) is 0 Å². The molecule has 0 fully saturated rings. The van der Waals surface area contributed by atoms with Gasteiger partial charge in [-0.1, -0.05) is 107 Å². The summed E-state index contributed by atoms with van der Waals surface area (Å²) in [5, 5.41) is 8.15. The molecule has 0 heterocycles. The highest BCUT2D eigenvalue weighted by atomic mass is 14.4. The van der Waals surface area contributed by atoms with Crippen LogP contribution in [-0.4, -0.2) is 0 Å². The van der Waals surface area contributed by atoms with Crippen LogP contribution in [0, 0.1) is 0 Å². The SMILES string of the molecule is CC.CC1(C)c2c(ccc3ccccc23)-c2cccc3c2c1cc1ccccc13. The van der Waals surface area contributed by atoms with Crippen molar-refractivity contribution in [3.63, 3.8) is 0 Å². The molecule has 0 amide bonds. The average Bonchev–Trinajstić information content (AvgIpc) is 2.78. The lowest BCUT2D eigenvalue weighted by Crippen LogP contribution is -2.24. The quantitative estimate of drug-likeness (QED) is 0.238. The Balaban J connectivity index is 0.000000882. The van der Waals surface area contributed by atoms with Crippen LogP contribution in [0.2, 0.25) is 0 Å². The first-order valence-corrected chi connectivity index (χ1v) is 10.6. The molecule has 5 aromatic carbocycles. The van der Waals surface area contributed by atoms with E-state index in [1.54, 1.807) is 0 Å². The van der Waals surface area contributed by atoms with Gasteiger partial charge in [0.05, 0.1) is 0 Å². The predicted molar refractivity (Wildman–Crippen MR) is 128 cm³/mol. The summed E-state index contributed by atoms with van der Waals surface area (Å²) in [5.74, 6) is 0. The standard InChI is InChI=1S/C27H20.C2H6/c1-27(2)24-16-18-9-4-5-10-19(18)21-12-7-13-22(25(21)24)23-15-14-17-8-3-6-11-20(17)26(23)27;1-2/h3-16H,1-2H3;1-2H3. The van der Waals surface area contributed by atoms with Gasteiger partial charge in [-0.05, 0) is 60.6 Å². The zero-order valence-electron chi connectivity index (χ0n) is 17.6. The summed E-state index contributed by atoms with van der Waals surface area (Å²) in [4.78, 5) is 0. The maximum absolute atomic E-state index is 2.42. The molecule has 1 aliphatic rings. The van der Waals surface area contributed by atoms with Gasteiger partial charge >= 0.3 is 0 Å². The maximum Gasteiger partial charge on any atom is 0.0165 e. The topological polar surface area (TPSA) is 0 Å². The molecule has 0 unspecified atom stereocenters. The molecule has 29 heavy (non-hydrogen) atoms. The lowest BCUT2D eigenvalue weighted by atomic mass is 9.66. The van der Waals surface area contributed by atoms with E-state index in [0.717, 1.165) is 0 Å². The summed E-state index contributed by atoms with van der Waals surface area (Å²) >= 11 is 0. The molecule has 0 aromatic heterocycles. The van der Waals surface area contributed by atoms with Crippen LogP contribution in [0.4, 0.5) is 0 Å². The van der Waals surface area contributed by atoms with Gasteiger partial charge in [-0.25, -0.2) is 0 Å². The summed E-state index contributed by atoms with van der Waals surface area (Å²) in [7, 11) is 0. The first-order chi connectivity index (χ1) is 14.2. The van der Waals surface area contributed by atoms with Crippen molar-refractivity contribution in [2.24, 2.45) is 0 Å². The minimum atomic E-state index is -0.0488. The minimum Gasteiger partial charge on any atom is -0.0683 e. The summed E-state index contributed by atoms with van der Waals surface area (Å²) in [5.41, 5.74) is 5.60. The van der Waals surface area contributed by atoms with Crippen LogP contribution in [0.25, 0.3) is 43.4 Å². The molecule has 0 spiro atoms. The Labute approximate surface area is 172 Å². The Kier molecular flexibility index (Phi) is 3.99. The van der Waals surface area contributed by atoms with Crippen LogP contribution in [0.3, 0.4) is 0 Å². The van der Waals surface area contributed by atoms with Gasteiger partial charge in [-0.2, -0.15) is 0 Å². The number of hydrogen-bond acceptors (Lipinski definition) is 0. The molecule has 0 N–H and O–H groups in total. The summed E-state index contributed by atoms with van der Waals surface area (Å²) in [6.45, 7) is 8.77. The number of fused-ring (bicyclic) bond motifs is 6. The van der Waals surface area contributed by atoms with Gasteiger partial charge < -0.3 is 0 Å². The van der Waals surface area contributed by atoms with Gasteiger partial charge in [0.2, 0.25) is 0 Å². The van der Waals surface area contributed by atoms with Crippen LogP contribution in [0.5, 0.6) is 0 Å². The van der Waals surface area contributed by atoms with Crippen molar-refractivity contribution < 1.29 is 0 Å². The Hall–Kier alpha value is -3.12. The van der Waals surface area contributed by atoms with Crippen molar-refractivity contribution in [3.8, 4) is 11.1 Å². The highest BCUT2D eigenvalue weighted by molar-refractivity contribution is 6.16. The molecule has 0 saturated heterocycles. The summed E-state index contributed by atoms with van der Waals surface area (Å²) < 4.78 is 0. The summed E-state index contributed by atoms with van der Waals surface area (Å²) in [6.07, 6.45) is 0. The predicted octanol–water partition coefficient (Wildman–Crippen LogP) is 8.48. The van der Waals surface area contributed by atoms with Crippen molar-refractivity contribution in [1.82, 2.24) is 0 Å². The second-order valence-corrected chi connectivity index (χ2v) is 8.21. The molecular weight excluding hydrogens is 348 g/mol. The fraction of sp³-hybridized carbons (Fsp3) is 0.172. The van der Waals surface area contributed by atoms with E-state index in [0.29, 0.717) is 0 Å². The van der Waals surface area contributed by atoms with Crippen molar-refractivity contribution >= 4 is 32.3 Å². The smallest absolute Gasteiger partial charge is 0.0165 e. The molecule has 0 saturated carbocycles.